The lowest BCUT2D eigenvalue weighted by molar-refractivity contribution is -0.128. The van der Waals surface area contributed by atoms with Crippen LogP contribution < -0.4 is 20.7 Å². The number of amides is 3. The van der Waals surface area contributed by atoms with Crippen molar-refractivity contribution in [1.29, 1.82) is 0 Å². The van der Waals surface area contributed by atoms with E-state index in [2.05, 4.69) is 25.7 Å². The summed E-state index contributed by atoms with van der Waals surface area (Å²) in [6, 6.07) is 24.4. The fourth-order valence-electron chi connectivity index (χ4n) is 8.86. The van der Waals surface area contributed by atoms with E-state index in [1.165, 1.54) is 18.6 Å². The molecule has 0 aliphatic heterocycles. The van der Waals surface area contributed by atoms with Crippen LogP contribution >= 0.6 is 0 Å². The number of fused-ring (bicyclic) bond motifs is 1. The van der Waals surface area contributed by atoms with E-state index < -0.39 is 39.5 Å². The van der Waals surface area contributed by atoms with Gasteiger partial charge in [-0.1, -0.05) is 66.7 Å². The average Bonchev–Trinajstić information content (AvgIpc) is 3.53. The van der Waals surface area contributed by atoms with Gasteiger partial charge in [0.25, 0.3) is 0 Å². The summed E-state index contributed by atoms with van der Waals surface area (Å²) in [4.78, 5) is 44.5. The lowest BCUT2D eigenvalue weighted by Crippen LogP contribution is -2.60. The molecule has 4 aliphatic rings. The molecule has 12 heteroatoms. The Hall–Kier alpha value is -4.68. The molecular formula is C40H47N5O6S. The Balaban J connectivity index is 1.04. The summed E-state index contributed by atoms with van der Waals surface area (Å²) in [6.45, 7) is 1.63. The van der Waals surface area contributed by atoms with Gasteiger partial charge in [0.1, 0.15) is 11.6 Å². The highest BCUT2D eigenvalue weighted by molar-refractivity contribution is 7.89. The second-order valence-corrected chi connectivity index (χ2v) is 16.8. The maximum Gasteiger partial charge on any atom is 0.408 e. The number of alkyl carbamates (subject to hydrolysis) is 1. The van der Waals surface area contributed by atoms with E-state index in [1.54, 1.807) is 25.1 Å². The van der Waals surface area contributed by atoms with Gasteiger partial charge >= 0.3 is 6.09 Å². The van der Waals surface area contributed by atoms with Crippen LogP contribution in [0.5, 0.6) is 0 Å². The molecule has 4 saturated carbocycles. The van der Waals surface area contributed by atoms with Crippen LogP contribution in [-0.4, -0.2) is 56.0 Å². The molecule has 5 N–H and O–H groups in total. The number of H-pyrrole nitrogens is 1. The minimum Gasteiger partial charge on any atom is -0.446 e. The van der Waals surface area contributed by atoms with Crippen LogP contribution in [0, 0.1) is 23.7 Å². The molecule has 0 saturated heterocycles. The van der Waals surface area contributed by atoms with Crippen LogP contribution in [0.1, 0.15) is 62.6 Å². The zero-order valence-electron chi connectivity index (χ0n) is 29.3. The van der Waals surface area contributed by atoms with E-state index in [4.69, 9.17) is 4.74 Å². The Labute approximate surface area is 304 Å². The molecule has 0 spiro atoms. The minimum absolute atomic E-state index is 0.0279. The molecule has 1 aromatic heterocycles. The van der Waals surface area contributed by atoms with Crippen molar-refractivity contribution in [2.45, 2.75) is 74.4 Å². The molecular weight excluding hydrogens is 679 g/mol. The first-order chi connectivity index (χ1) is 25.1. The summed E-state index contributed by atoms with van der Waals surface area (Å²) in [6.07, 6.45) is 6.92. The highest BCUT2D eigenvalue weighted by Gasteiger charge is 2.50. The van der Waals surface area contributed by atoms with Crippen molar-refractivity contribution in [2.75, 3.05) is 13.1 Å². The summed E-state index contributed by atoms with van der Waals surface area (Å²) in [5.41, 5.74) is 1.16. The third-order valence-corrected chi connectivity index (χ3v) is 12.7. The maximum atomic E-state index is 14.3. The second-order valence-electron chi connectivity index (χ2n) is 15.0. The van der Waals surface area contributed by atoms with Crippen LogP contribution in [-0.2, 0) is 30.8 Å². The van der Waals surface area contributed by atoms with Crippen LogP contribution in [0.4, 0.5) is 4.79 Å². The number of carbonyl (C=O) groups excluding carboxylic acids is 3. The van der Waals surface area contributed by atoms with Gasteiger partial charge in [0.2, 0.25) is 21.8 Å². The Morgan fingerprint density at radius 2 is 1.50 bits per heavy atom. The van der Waals surface area contributed by atoms with Gasteiger partial charge < -0.3 is 25.7 Å². The molecule has 4 aromatic rings. The quantitative estimate of drug-likeness (QED) is 0.118. The number of sulfonamides is 1. The highest BCUT2D eigenvalue weighted by atomic mass is 32.2. The maximum absolute atomic E-state index is 14.3. The van der Waals surface area contributed by atoms with Gasteiger partial charge in [0.15, 0.2) is 0 Å². The second kappa shape index (κ2) is 15.1. The number of benzene rings is 3. The molecule has 0 radical (unpaired) electrons. The Kier molecular flexibility index (Phi) is 10.4. The molecule has 3 amide bonds. The highest BCUT2D eigenvalue weighted by Crippen LogP contribution is 2.54. The number of hydrogen-bond acceptors (Lipinski definition) is 6. The number of aromatic nitrogens is 1. The summed E-state index contributed by atoms with van der Waals surface area (Å²) in [5.74, 6) is 1.41. The molecule has 4 fully saturated rings. The van der Waals surface area contributed by atoms with E-state index in [0.717, 1.165) is 59.5 Å². The first-order valence-corrected chi connectivity index (χ1v) is 19.8. The topological polar surface area (TPSA) is 158 Å². The lowest BCUT2D eigenvalue weighted by Gasteiger charge is -2.53. The largest absolute Gasteiger partial charge is 0.446 e. The number of para-hydroxylation sites is 1. The fourth-order valence-corrected chi connectivity index (χ4v) is 9.91. The first kappa shape index (κ1) is 35.7. The summed E-state index contributed by atoms with van der Waals surface area (Å²) >= 11 is 0. The van der Waals surface area contributed by atoms with Crippen molar-refractivity contribution >= 4 is 38.8 Å². The zero-order chi connectivity index (χ0) is 36.3. The standard InChI is InChI=1S/C40H47N5O6S/c1-40(23-31-24-41-34-15-9-8-14-33(31)34,45-39(48)51-37-29-19-26-18-27(21-29)22-30(37)20-26)38(47)42-25-35(28-10-4-2-5-11-28)44-36(46)16-17-43-52(49,50)32-12-6-3-7-13-32/h2-15,24,26-27,29-30,35,37,41,43H,16-23,25H2,1H3,(H,42,47)(H,44,46)(H,45,48)/t26?,27?,29?,30?,35-,37?,40-/m1/s1. The fraction of sp³-hybridized carbons (Fsp3) is 0.425. The van der Waals surface area contributed by atoms with Gasteiger partial charge in [-0.15, -0.1) is 0 Å². The van der Waals surface area contributed by atoms with Crippen molar-refractivity contribution in [3.05, 3.63) is 102 Å². The molecule has 1 heterocycles. The monoisotopic (exact) mass is 725 g/mol. The predicted octanol–water partition coefficient (Wildman–Crippen LogP) is 5.36. The molecule has 0 unspecified atom stereocenters. The third-order valence-electron chi connectivity index (χ3n) is 11.2. The van der Waals surface area contributed by atoms with Gasteiger partial charge in [-0.3, -0.25) is 9.59 Å². The number of rotatable bonds is 14. The van der Waals surface area contributed by atoms with Crippen LogP contribution in [0.3, 0.4) is 0 Å². The number of ether oxygens (including phenoxy) is 1. The Morgan fingerprint density at radius 3 is 2.19 bits per heavy atom. The Bertz CT molecular complexity index is 1970. The van der Waals surface area contributed by atoms with E-state index in [1.807, 2.05) is 60.8 Å². The van der Waals surface area contributed by atoms with E-state index in [9.17, 15) is 22.8 Å². The summed E-state index contributed by atoms with van der Waals surface area (Å²) in [5, 5.41) is 9.89. The number of aromatic amines is 1. The number of nitrogens with one attached hydrogen (secondary N) is 5. The Morgan fingerprint density at radius 1 is 0.865 bits per heavy atom. The number of carbonyl (C=O) groups is 3. The molecule has 4 bridgehead atoms. The van der Waals surface area contributed by atoms with Crippen molar-refractivity contribution in [3.63, 3.8) is 0 Å². The molecule has 52 heavy (non-hydrogen) atoms. The van der Waals surface area contributed by atoms with Crippen molar-refractivity contribution in [3.8, 4) is 0 Å². The lowest BCUT2D eigenvalue weighted by atomic mass is 9.55. The van der Waals surface area contributed by atoms with E-state index >= 15 is 0 Å². The van der Waals surface area contributed by atoms with Gasteiger partial charge in [-0.25, -0.2) is 17.9 Å². The molecule has 4 aliphatic carbocycles. The van der Waals surface area contributed by atoms with Gasteiger partial charge in [-0.05, 0) is 92.0 Å². The molecule has 11 nitrogen and oxygen atoms in total. The normalized spacial score (nSPS) is 23.8. The van der Waals surface area contributed by atoms with E-state index in [0.29, 0.717) is 11.8 Å². The smallest absolute Gasteiger partial charge is 0.408 e. The van der Waals surface area contributed by atoms with Crippen molar-refractivity contribution in [1.82, 2.24) is 25.7 Å². The van der Waals surface area contributed by atoms with E-state index in [-0.39, 0.29) is 36.9 Å². The van der Waals surface area contributed by atoms with Crippen molar-refractivity contribution in [2.24, 2.45) is 23.7 Å². The van der Waals surface area contributed by atoms with Crippen LogP contribution in [0.2, 0.25) is 0 Å². The third kappa shape index (κ3) is 8.03. The van der Waals surface area contributed by atoms with Crippen LogP contribution in [0.15, 0.2) is 96.0 Å². The average molecular weight is 726 g/mol. The molecule has 2 atom stereocenters. The SMILES string of the molecule is C[C@](Cc1c[nH]c2ccccc12)(NC(=O)OC1C2CC3CC(C2)CC1C3)C(=O)NC[C@@H](NC(=O)CCNS(=O)(=O)c1ccccc1)c1ccccc1. The molecule has 8 rings (SSSR count). The summed E-state index contributed by atoms with van der Waals surface area (Å²) in [7, 11) is -3.77. The molecule has 274 valence electrons. The van der Waals surface area contributed by atoms with Crippen molar-refractivity contribution < 1.29 is 27.5 Å². The van der Waals surface area contributed by atoms with Crippen LogP contribution in [0.25, 0.3) is 10.9 Å². The van der Waals surface area contributed by atoms with Gasteiger partial charge in [-0.2, -0.15) is 0 Å². The van der Waals surface area contributed by atoms with Gasteiger partial charge in [0.05, 0.1) is 10.9 Å². The predicted molar refractivity (Wildman–Crippen MR) is 197 cm³/mol. The zero-order valence-corrected chi connectivity index (χ0v) is 30.2. The minimum atomic E-state index is -3.77. The van der Waals surface area contributed by atoms with Gasteiger partial charge in [0, 0.05) is 43.0 Å². The summed E-state index contributed by atoms with van der Waals surface area (Å²) < 4.78 is 33.9. The molecule has 3 aromatic carbocycles. The number of hydrogen-bond donors (Lipinski definition) is 5. The first-order valence-electron chi connectivity index (χ1n) is 18.3.